The van der Waals surface area contributed by atoms with Crippen molar-refractivity contribution in [3.8, 4) is 11.5 Å². The standard InChI is InChI=1S/C31H29Cl2N5O3/c1-36-16-2-15-34-38(36)17-3-19-40-24-9-4-21(5-10-24)30-29-26(27-20-23(33)8-13-28(27)35-29)14-18-37(30)31(39)41-25-11-6-22(32)7-12-25/h2,4-13,15-16,20,30,35H,3,14,17-19H2,1H3. The van der Waals surface area contributed by atoms with Gasteiger partial charge in [0.2, 0.25) is 0 Å². The van der Waals surface area contributed by atoms with E-state index >= 15 is 0 Å². The van der Waals surface area contributed by atoms with Crippen LogP contribution in [0.4, 0.5) is 4.79 Å². The topological polar surface area (TPSA) is 73.4 Å². The molecule has 1 aromatic heterocycles. The number of carbonyl (C=O) groups is 1. The molecule has 1 N–H and O–H groups in total. The highest BCUT2D eigenvalue weighted by atomic mass is 35.5. The zero-order valence-electron chi connectivity index (χ0n) is 22.5. The molecule has 0 aliphatic carbocycles. The molecule has 41 heavy (non-hydrogen) atoms. The molecule has 1 atom stereocenters. The molecule has 4 aromatic rings. The fourth-order valence-corrected chi connectivity index (χ4v) is 5.56. The lowest BCUT2D eigenvalue weighted by atomic mass is 9.92. The third-order valence-corrected chi connectivity index (χ3v) is 7.75. The minimum Gasteiger partial charge on any atom is -0.494 e. The van der Waals surface area contributed by atoms with Gasteiger partial charge in [-0.1, -0.05) is 35.3 Å². The van der Waals surface area contributed by atoms with Gasteiger partial charge in [-0.2, -0.15) is 5.10 Å². The summed E-state index contributed by atoms with van der Waals surface area (Å²) in [6, 6.07) is 20.1. The molecule has 8 nitrogen and oxygen atoms in total. The van der Waals surface area contributed by atoms with E-state index in [-0.39, 0.29) is 6.04 Å². The number of fused-ring (bicyclic) bond motifs is 3. The minimum atomic E-state index is -0.430. The number of carbonyl (C=O) groups excluding carboxylic acids is 1. The van der Waals surface area contributed by atoms with Crippen LogP contribution in [-0.4, -0.2) is 59.1 Å². The Morgan fingerprint density at radius 3 is 2.56 bits per heavy atom. The lowest BCUT2D eigenvalue weighted by Gasteiger charge is -2.35. The molecule has 2 aliphatic heterocycles. The Morgan fingerprint density at radius 2 is 1.78 bits per heavy atom. The first-order valence-electron chi connectivity index (χ1n) is 13.4. The maximum atomic E-state index is 13.5. The minimum absolute atomic E-state index is 0.376. The predicted octanol–water partition coefficient (Wildman–Crippen LogP) is 7.05. The average molecular weight is 591 g/mol. The molecule has 0 radical (unpaired) electrons. The van der Waals surface area contributed by atoms with Gasteiger partial charge in [-0.25, -0.2) is 9.91 Å². The van der Waals surface area contributed by atoms with Crippen molar-refractivity contribution in [2.45, 2.75) is 18.9 Å². The molecule has 210 valence electrons. The van der Waals surface area contributed by atoms with Gasteiger partial charge < -0.3 is 14.5 Å². The molecule has 1 unspecified atom stereocenters. The summed E-state index contributed by atoms with van der Waals surface area (Å²) in [6.07, 6.45) is 6.68. The van der Waals surface area contributed by atoms with Gasteiger partial charge in [0.25, 0.3) is 0 Å². The summed E-state index contributed by atoms with van der Waals surface area (Å²) in [7, 11) is 1.96. The van der Waals surface area contributed by atoms with Gasteiger partial charge >= 0.3 is 6.09 Å². The summed E-state index contributed by atoms with van der Waals surface area (Å²) in [4.78, 5) is 18.8. The zero-order chi connectivity index (χ0) is 28.3. The number of ether oxygens (including phenoxy) is 2. The summed E-state index contributed by atoms with van der Waals surface area (Å²) in [5, 5.41) is 10.5. The van der Waals surface area contributed by atoms with Crippen LogP contribution in [0.2, 0.25) is 10.0 Å². The number of halogens is 2. The molecular weight excluding hydrogens is 561 g/mol. The third-order valence-electron chi connectivity index (χ3n) is 7.26. The van der Waals surface area contributed by atoms with Crippen molar-refractivity contribution in [3.63, 3.8) is 0 Å². The van der Waals surface area contributed by atoms with E-state index in [1.807, 2.05) is 71.9 Å². The number of hydrogen-bond donors (Lipinski definition) is 1. The summed E-state index contributed by atoms with van der Waals surface area (Å²) >= 11 is 12.3. The average Bonchev–Trinajstić information content (AvgIpc) is 3.35. The summed E-state index contributed by atoms with van der Waals surface area (Å²) < 4.78 is 11.8. The molecule has 0 saturated carbocycles. The number of nitrogens with zero attached hydrogens (tertiary/aromatic N) is 4. The van der Waals surface area contributed by atoms with Crippen molar-refractivity contribution in [1.82, 2.24) is 20.0 Å². The second-order valence-electron chi connectivity index (χ2n) is 9.92. The number of nitrogens with one attached hydrogen (secondary N) is 1. The highest BCUT2D eigenvalue weighted by Crippen LogP contribution is 2.40. The van der Waals surface area contributed by atoms with Gasteiger partial charge in [0, 0.05) is 52.9 Å². The number of hydrazone groups is 1. The molecule has 2 aliphatic rings. The molecule has 3 heterocycles. The largest absolute Gasteiger partial charge is 0.494 e. The summed E-state index contributed by atoms with van der Waals surface area (Å²) in [6.45, 7) is 1.79. The van der Waals surface area contributed by atoms with Crippen molar-refractivity contribution in [3.05, 3.63) is 106 Å². The highest BCUT2D eigenvalue weighted by molar-refractivity contribution is 6.31. The molecule has 0 fully saturated rings. The number of hydrazine groups is 1. The molecule has 0 bridgehead atoms. The lowest BCUT2D eigenvalue weighted by molar-refractivity contribution is 0.0430. The number of allylic oxidation sites excluding steroid dienone is 1. The molecule has 0 spiro atoms. The Morgan fingerprint density at radius 1 is 1.02 bits per heavy atom. The quantitative estimate of drug-likeness (QED) is 0.234. The Hall–Kier alpha value is -4.14. The van der Waals surface area contributed by atoms with Crippen LogP contribution in [0.5, 0.6) is 11.5 Å². The van der Waals surface area contributed by atoms with Crippen LogP contribution in [0, 0.1) is 0 Å². The first-order chi connectivity index (χ1) is 20.0. The van der Waals surface area contributed by atoms with E-state index in [4.69, 9.17) is 32.7 Å². The van der Waals surface area contributed by atoms with Crippen molar-refractivity contribution >= 4 is 46.4 Å². The number of aromatic amines is 1. The molecule has 6 rings (SSSR count). The van der Waals surface area contributed by atoms with E-state index < -0.39 is 6.09 Å². The van der Waals surface area contributed by atoms with Gasteiger partial charge in [0.1, 0.15) is 17.5 Å². The maximum Gasteiger partial charge on any atom is 0.416 e. The number of H-pyrrole nitrogens is 1. The Balaban J connectivity index is 1.22. The highest BCUT2D eigenvalue weighted by Gasteiger charge is 2.35. The Kier molecular flexibility index (Phi) is 7.76. The van der Waals surface area contributed by atoms with Crippen LogP contribution in [0.15, 0.2) is 84.1 Å². The lowest BCUT2D eigenvalue weighted by Crippen LogP contribution is -2.42. The first kappa shape index (κ1) is 27.1. The number of hydrogen-bond acceptors (Lipinski definition) is 6. The van der Waals surface area contributed by atoms with Crippen LogP contribution in [0.25, 0.3) is 10.9 Å². The second kappa shape index (κ2) is 11.8. The monoisotopic (exact) mass is 589 g/mol. The molecule has 1 amide bonds. The first-order valence-corrected chi connectivity index (χ1v) is 14.2. The maximum absolute atomic E-state index is 13.5. The van der Waals surface area contributed by atoms with Gasteiger partial charge in [0.05, 0.1) is 19.4 Å². The van der Waals surface area contributed by atoms with Crippen molar-refractivity contribution in [2.24, 2.45) is 5.10 Å². The van der Waals surface area contributed by atoms with E-state index in [1.54, 1.807) is 35.4 Å². The molecule has 3 aromatic carbocycles. The van der Waals surface area contributed by atoms with Crippen LogP contribution in [-0.2, 0) is 6.42 Å². The fourth-order valence-electron chi connectivity index (χ4n) is 5.26. The normalized spacial score (nSPS) is 16.3. The van der Waals surface area contributed by atoms with Crippen LogP contribution in [0.3, 0.4) is 0 Å². The van der Waals surface area contributed by atoms with E-state index in [0.717, 1.165) is 46.4 Å². The SMILES string of the molecule is CN1C=CC=NN1CCCOc1ccc(C2c3[nH]c4ccc(Cl)cc4c3CCN2C(=O)Oc2ccc(Cl)cc2)cc1. The fraction of sp³-hybridized carbons (Fsp3) is 0.226. The number of aromatic nitrogens is 1. The second-order valence-corrected chi connectivity index (χ2v) is 10.8. The third kappa shape index (κ3) is 5.85. The Bertz CT molecular complexity index is 1600. The van der Waals surface area contributed by atoms with Crippen LogP contribution >= 0.6 is 23.2 Å². The smallest absolute Gasteiger partial charge is 0.416 e. The van der Waals surface area contributed by atoms with Crippen LogP contribution < -0.4 is 9.47 Å². The zero-order valence-corrected chi connectivity index (χ0v) is 24.0. The van der Waals surface area contributed by atoms with Gasteiger partial charge in [-0.05, 0) is 78.2 Å². The number of benzene rings is 3. The summed E-state index contributed by atoms with van der Waals surface area (Å²) in [5.41, 5.74) is 4.04. The molecule has 10 heteroatoms. The van der Waals surface area contributed by atoms with Crippen LogP contribution in [0.1, 0.15) is 29.3 Å². The van der Waals surface area contributed by atoms with Gasteiger partial charge in [0.15, 0.2) is 0 Å². The van der Waals surface area contributed by atoms with E-state index in [2.05, 4.69) is 10.1 Å². The van der Waals surface area contributed by atoms with Crippen molar-refractivity contribution < 1.29 is 14.3 Å². The molecule has 0 saturated heterocycles. The van der Waals surface area contributed by atoms with E-state index in [0.29, 0.717) is 35.4 Å². The van der Waals surface area contributed by atoms with Gasteiger partial charge in [-0.15, -0.1) is 0 Å². The van der Waals surface area contributed by atoms with E-state index in [1.165, 1.54) is 0 Å². The van der Waals surface area contributed by atoms with E-state index in [9.17, 15) is 4.79 Å². The van der Waals surface area contributed by atoms with Crippen molar-refractivity contribution in [1.29, 1.82) is 0 Å². The Labute approximate surface area is 248 Å². The molecular formula is C31H29Cl2N5O3. The number of amides is 1. The predicted molar refractivity (Wildman–Crippen MR) is 162 cm³/mol. The number of rotatable bonds is 7. The summed E-state index contributed by atoms with van der Waals surface area (Å²) in [5.74, 6) is 1.20. The van der Waals surface area contributed by atoms with Crippen molar-refractivity contribution in [2.75, 3.05) is 26.7 Å². The van der Waals surface area contributed by atoms with Gasteiger partial charge in [-0.3, -0.25) is 9.91 Å².